The Morgan fingerprint density at radius 2 is 2.05 bits per heavy atom. The van der Waals surface area contributed by atoms with Crippen molar-refractivity contribution >= 4 is 41.6 Å². The minimum atomic E-state index is -0.774. The van der Waals surface area contributed by atoms with Gasteiger partial charge in [-0.3, -0.25) is 4.79 Å². The van der Waals surface area contributed by atoms with Crippen molar-refractivity contribution in [1.82, 2.24) is 0 Å². The van der Waals surface area contributed by atoms with Gasteiger partial charge >= 0.3 is 5.97 Å². The summed E-state index contributed by atoms with van der Waals surface area (Å²) in [5.74, 6) is -0.942. The van der Waals surface area contributed by atoms with Gasteiger partial charge in [-0.25, -0.2) is 4.79 Å². The molecule has 0 aliphatic heterocycles. The molecule has 0 spiro atoms. The van der Waals surface area contributed by atoms with Crippen molar-refractivity contribution in [2.24, 2.45) is 5.73 Å². The summed E-state index contributed by atoms with van der Waals surface area (Å²) in [6.07, 6.45) is 0. The zero-order valence-electron chi connectivity index (χ0n) is 11.0. The molecule has 1 rings (SSSR count). The lowest BCUT2D eigenvalue weighted by molar-refractivity contribution is -0.118. The van der Waals surface area contributed by atoms with Gasteiger partial charge in [0.05, 0.1) is 24.3 Å². The molecule has 112 valence electrons. The average Bonchev–Trinajstić information content (AvgIpc) is 2.38. The second-order valence-corrected chi connectivity index (χ2v) is 4.14. The number of nitrogens with two attached hydrogens (primary N) is 1. The van der Waals surface area contributed by atoms with Crippen LogP contribution in [0, 0.1) is 0 Å². The van der Waals surface area contributed by atoms with Gasteiger partial charge in [0.2, 0.25) is 5.91 Å². The fourth-order valence-corrected chi connectivity index (χ4v) is 1.62. The zero-order valence-corrected chi connectivity index (χ0v) is 12.6. The number of benzene rings is 1. The highest BCUT2D eigenvalue weighted by Crippen LogP contribution is 2.21. The molecule has 1 aromatic rings. The predicted octanol–water partition coefficient (Wildman–Crippen LogP) is 1.46. The standard InChI is InChI=1S/C12H15ClN2O4.ClH/c1-18-6-10(14)11(16)15-7-3-4-8(9(13)5-7)12(17)19-2;/h3-5,10H,6,14H2,1-2H3,(H,15,16);1H. The molecule has 0 aliphatic rings. The van der Waals surface area contributed by atoms with Gasteiger partial charge in [-0.1, -0.05) is 11.6 Å². The number of amides is 1. The second-order valence-electron chi connectivity index (χ2n) is 3.74. The Labute approximate surface area is 128 Å². The highest BCUT2D eigenvalue weighted by molar-refractivity contribution is 6.34. The third-order valence-corrected chi connectivity index (χ3v) is 2.64. The maximum Gasteiger partial charge on any atom is 0.339 e. The van der Waals surface area contributed by atoms with E-state index >= 15 is 0 Å². The third kappa shape index (κ3) is 4.97. The van der Waals surface area contributed by atoms with E-state index in [2.05, 4.69) is 10.1 Å². The Balaban J connectivity index is 0.00000361. The van der Waals surface area contributed by atoms with Crippen LogP contribution in [0.5, 0.6) is 0 Å². The molecule has 1 aromatic carbocycles. The maximum atomic E-state index is 11.6. The number of ether oxygens (including phenoxy) is 2. The van der Waals surface area contributed by atoms with Crippen LogP contribution in [-0.2, 0) is 14.3 Å². The second kappa shape index (κ2) is 8.76. The van der Waals surface area contributed by atoms with E-state index in [-0.39, 0.29) is 29.6 Å². The van der Waals surface area contributed by atoms with Crippen molar-refractivity contribution in [3.8, 4) is 0 Å². The monoisotopic (exact) mass is 322 g/mol. The minimum Gasteiger partial charge on any atom is -0.465 e. The first kappa shape index (κ1) is 18.7. The molecular formula is C12H16Cl2N2O4. The van der Waals surface area contributed by atoms with Crippen LogP contribution in [0.1, 0.15) is 10.4 Å². The number of halogens is 2. The van der Waals surface area contributed by atoms with Gasteiger partial charge in [0, 0.05) is 12.8 Å². The molecule has 0 aromatic heterocycles. The van der Waals surface area contributed by atoms with E-state index in [1.165, 1.54) is 32.4 Å². The topological polar surface area (TPSA) is 90.6 Å². The highest BCUT2D eigenvalue weighted by atomic mass is 35.5. The summed E-state index contributed by atoms with van der Waals surface area (Å²) < 4.78 is 9.34. The zero-order chi connectivity index (χ0) is 14.4. The number of hydrogen-bond donors (Lipinski definition) is 2. The van der Waals surface area contributed by atoms with Crippen LogP contribution in [0.15, 0.2) is 18.2 Å². The fourth-order valence-electron chi connectivity index (χ4n) is 1.36. The molecule has 20 heavy (non-hydrogen) atoms. The third-order valence-electron chi connectivity index (χ3n) is 2.32. The number of anilines is 1. The average molecular weight is 323 g/mol. The van der Waals surface area contributed by atoms with Gasteiger partial charge < -0.3 is 20.5 Å². The molecule has 0 radical (unpaired) electrons. The van der Waals surface area contributed by atoms with Crippen molar-refractivity contribution in [3.05, 3.63) is 28.8 Å². The summed E-state index contributed by atoms with van der Waals surface area (Å²) in [5.41, 5.74) is 6.23. The summed E-state index contributed by atoms with van der Waals surface area (Å²) in [6.45, 7) is 0.111. The van der Waals surface area contributed by atoms with Crippen LogP contribution in [0.3, 0.4) is 0 Å². The lowest BCUT2D eigenvalue weighted by atomic mass is 10.2. The van der Waals surface area contributed by atoms with Crippen LogP contribution >= 0.6 is 24.0 Å². The maximum absolute atomic E-state index is 11.6. The molecule has 8 heteroatoms. The largest absolute Gasteiger partial charge is 0.465 e. The SMILES string of the molecule is COCC(N)C(=O)Nc1ccc(C(=O)OC)c(Cl)c1.Cl. The first-order valence-corrected chi connectivity index (χ1v) is 5.80. The minimum absolute atomic E-state index is 0. The molecule has 3 N–H and O–H groups in total. The van der Waals surface area contributed by atoms with E-state index in [9.17, 15) is 9.59 Å². The molecule has 0 heterocycles. The molecule has 1 unspecified atom stereocenters. The first-order chi connectivity index (χ1) is 8.99. The Morgan fingerprint density at radius 1 is 1.40 bits per heavy atom. The number of carbonyl (C=O) groups is 2. The van der Waals surface area contributed by atoms with E-state index in [0.717, 1.165) is 0 Å². The molecule has 1 atom stereocenters. The molecule has 1 amide bonds. The Morgan fingerprint density at radius 3 is 2.55 bits per heavy atom. The summed E-state index contributed by atoms with van der Waals surface area (Å²) in [5, 5.41) is 2.76. The highest BCUT2D eigenvalue weighted by Gasteiger charge is 2.15. The predicted molar refractivity (Wildman–Crippen MR) is 78.5 cm³/mol. The lowest BCUT2D eigenvalue weighted by Crippen LogP contribution is -2.39. The number of hydrogen-bond acceptors (Lipinski definition) is 5. The Hall–Kier alpha value is -1.34. The van der Waals surface area contributed by atoms with Crippen LogP contribution in [0.4, 0.5) is 5.69 Å². The molecule has 0 aliphatic carbocycles. The van der Waals surface area contributed by atoms with Crippen LogP contribution in [0.2, 0.25) is 5.02 Å². The van der Waals surface area contributed by atoms with Crippen LogP contribution < -0.4 is 11.1 Å². The molecule has 0 saturated carbocycles. The van der Waals surface area contributed by atoms with Gasteiger partial charge in [-0.2, -0.15) is 0 Å². The van der Waals surface area contributed by atoms with Crippen molar-refractivity contribution < 1.29 is 19.1 Å². The van der Waals surface area contributed by atoms with Gasteiger partial charge in [-0.05, 0) is 18.2 Å². The van der Waals surface area contributed by atoms with E-state index in [4.69, 9.17) is 22.1 Å². The van der Waals surface area contributed by atoms with Crippen LogP contribution in [-0.4, -0.2) is 38.7 Å². The van der Waals surface area contributed by atoms with E-state index < -0.39 is 17.9 Å². The first-order valence-electron chi connectivity index (χ1n) is 5.42. The number of carbonyl (C=O) groups excluding carboxylic acids is 2. The van der Waals surface area contributed by atoms with Gasteiger partial charge in [0.25, 0.3) is 0 Å². The van der Waals surface area contributed by atoms with Crippen LogP contribution in [0.25, 0.3) is 0 Å². The van der Waals surface area contributed by atoms with Crippen molar-refractivity contribution in [2.75, 3.05) is 26.1 Å². The van der Waals surface area contributed by atoms with Gasteiger partial charge in [0.1, 0.15) is 6.04 Å². The summed E-state index contributed by atoms with van der Waals surface area (Å²) >= 11 is 5.92. The van der Waals surface area contributed by atoms with Crippen molar-refractivity contribution in [1.29, 1.82) is 0 Å². The van der Waals surface area contributed by atoms with Gasteiger partial charge in [-0.15, -0.1) is 12.4 Å². The van der Waals surface area contributed by atoms with E-state index in [1.807, 2.05) is 0 Å². The number of nitrogens with one attached hydrogen (secondary N) is 1. The Bertz CT molecular complexity index is 483. The smallest absolute Gasteiger partial charge is 0.339 e. The number of rotatable bonds is 5. The molecule has 0 fully saturated rings. The molecule has 0 bridgehead atoms. The van der Waals surface area contributed by atoms with Gasteiger partial charge in [0.15, 0.2) is 0 Å². The molecular weight excluding hydrogens is 307 g/mol. The summed E-state index contributed by atoms with van der Waals surface area (Å²) in [6, 6.07) is 3.68. The normalized spacial score (nSPS) is 11.2. The van der Waals surface area contributed by atoms with Crippen molar-refractivity contribution in [3.63, 3.8) is 0 Å². The lowest BCUT2D eigenvalue weighted by Gasteiger charge is -2.12. The number of esters is 1. The molecule has 0 saturated heterocycles. The number of methoxy groups -OCH3 is 2. The quantitative estimate of drug-likeness (QED) is 0.801. The van der Waals surface area contributed by atoms with E-state index in [1.54, 1.807) is 0 Å². The fraction of sp³-hybridized carbons (Fsp3) is 0.333. The molecule has 6 nitrogen and oxygen atoms in total. The summed E-state index contributed by atoms with van der Waals surface area (Å²) in [4.78, 5) is 23.0. The van der Waals surface area contributed by atoms with E-state index in [0.29, 0.717) is 5.69 Å². The summed E-state index contributed by atoms with van der Waals surface area (Å²) in [7, 11) is 2.72. The van der Waals surface area contributed by atoms with Crippen molar-refractivity contribution in [2.45, 2.75) is 6.04 Å². The Kier molecular flexibility index (Phi) is 8.17.